The van der Waals surface area contributed by atoms with Gasteiger partial charge in [0.15, 0.2) is 0 Å². The number of hydrogen-bond donors (Lipinski definition) is 1. The van der Waals surface area contributed by atoms with Crippen LogP contribution in [-0.2, 0) is 6.42 Å². The van der Waals surface area contributed by atoms with Crippen LogP contribution in [0.4, 0.5) is 0 Å². The molecule has 0 aliphatic carbocycles. The number of benzene rings is 1. The first-order valence-electron chi connectivity index (χ1n) is 7.25. The highest BCUT2D eigenvalue weighted by molar-refractivity contribution is 5.31. The highest BCUT2D eigenvalue weighted by Gasteiger charge is 2.20. The summed E-state index contributed by atoms with van der Waals surface area (Å²) in [5.41, 5.74) is 4.27. The van der Waals surface area contributed by atoms with Gasteiger partial charge in [-0.3, -0.25) is 0 Å². The van der Waals surface area contributed by atoms with Gasteiger partial charge in [0.2, 0.25) is 0 Å². The average Bonchev–Trinajstić information content (AvgIpc) is 2.32. The summed E-state index contributed by atoms with van der Waals surface area (Å²) in [7, 11) is 0. The lowest BCUT2D eigenvalue weighted by Gasteiger charge is -2.28. The fourth-order valence-electron chi connectivity index (χ4n) is 2.43. The van der Waals surface area contributed by atoms with Crippen molar-refractivity contribution in [1.29, 1.82) is 0 Å². The Hall–Kier alpha value is -0.820. The van der Waals surface area contributed by atoms with Gasteiger partial charge < -0.3 is 5.32 Å². The zero-order chi connectivity index (χ0) is 13.7. The molecule has 1 N–H and O–H groups in total. The van der Waals surface area contributed by atoms with Gasteiger partial charge in [-0.2, -0.15) is 0 Å². The van der Waals surface area contributed by atoms with E-state index in [0.29, 0.717) is 12.0 Å². The van der Waals surface area contributed by atoms with Gasteiger partial charge in [0.05, 0.1) is 0 Å². The Kier molecular flexibility index (Phi) is 5.87. The number of aryl methyl sites for hydroxylation is 2. The lowest BCUT2D eigenvalue weighted by Crippen LogP contribution is -2.39. The standard InChI is InChI=1S/C17H29N/c1-7-18-17(15(6)12(2)3)11-16-10-13(4)8-9-14(16)5/h8-10,12,15,17-18H,7,11H2,1-6H3. The van der Waals surface area contributed by atoms with E-state index in [9.17, 15) is 0 Å². The largest absolute Gasteiger partial charge is 0.314 e. The lowest BCUT2D eigenvalue weighted by atomic mass is 9.85. The predicted molar refractivity (Wildman–Crippen MR) is 81.1 cm³/mol. The molecule has 0 aromatic heterocycles. The molecule has 1 nitrogen and oxygen atoms in total. The van der Waals surface area contributed by atoms with E-state index in [1.165, 1.54) is 16.7 Å². The monoisotopic (exact) mass is 247 g/mol. The average molecular weight is 247 g/mol. The summed E-state index contributed by atoms with van der Waals surface area (Å²) in [6.45, 7) is 14.6. The SMILES string of the molecule is CCNC(Cc1cc(C)ccc1C)C(C)C(C)C. The maximum Gasteiger partial charge on any atom is 0.0135 e. The van der Waals surface area contributed by atoms with Crippen molar-refractivity contribution in [3.05, 3.63) is 34.9 Å². The summed E-state index contributed by atoms with van der Waals surface area (Å²) in [6, 6.07) is 7.36. The van der Waals surface area contributed by atoms with Gasteiger partial charge in [-0.25, -0.2) is 0 Å². The Morgan fingerprint density at radius 2 is 1.78 bits per heavy atom. The second-order valence-electron chi connectivity index (χ2n) is 5.90. The highest BCUT2D eigenvalue weighted by Crippen LogP contribution is 2.20. The molecule has 0 heterocycles. The van der Waals surface area contributed by atoms with E-state index in [-0.39, 0.29) is 0 Å². The van der Waals surface area contributed by atoms with Crippen molar-refractivity contribution in [2.45, 2.75) is 54.0 Å². The molecule has 0 aliphatic heterocycles. The predicted octanol–water partition coefficient (Wildman–Crippen LogP) is 4.12. The zero-order valence-corrected chi connectivity index (χ0v) is 12.9. The zero-order valence-electron chi connectivity index (χ0n) is 12.9. The van der Waals surface area contributed by atoms with E-state index < -0.39 is 0 Å². The first-order valence-corrected chi connectivity index (χ1v) is 7.25. The van der Waals surface area contributed by atoms with Crippen molar-refractivity contribution in [2.24, 2.45) is 11.8 Å². The van der Waals surface area contributed by atoms with Crippen molar-refractivity contribution < 1.29 is 0 Å². The van der Waals surface area contributed by atoms with Crippen LogP contribution in [0, 0.1) is 25.7 Å². The second-order valence-corrected chi connectivity index (χ2v) is 5.90. The molecule has 102 valence electrons. The molecule has 0 spiro atoms. The molecule has 1 rings (SSSR count). The van der Waals surface area contributed by atoms with Crippen molar-refractivity contribution in [3.63, 3.8) is 0 Å². The number of nitrogens with one attached hydrogen (secondary N) is 1. The minimum Gasteiger partial charge on any atom is -0.314 e. The van der Waals surface area contributed by atoms with Gasteiger partial charge in [-0.05, 0) is 49.8 Å². The molecule has 0 saturated carbocycles. The van der Waals surface area contributed by atoms with Crippen LogP contribution in [0.2, 0.25) is 0 Å². The Morgan fingerprint density at radius 1 is 1.11 bits per heavy atom. The van der Waals surface area contributed by atoms with Gasteiger partial charge >= 0.3 is 0 Å². The third-order valence-corrected chi connectivity index (χ3v) is 4.10. The van der Waals surface area contributed by atoms with Gasteiger partial charge in [0, 0.05) is 6.04 Å². The fraction of sp³-hybridized carbons (Fsp3) is 0.647. The summed E-state index contributed by atoms with van der Waals surface area (Å²) in [4.78, 5) is 0. The Morgan fingerprint density at radius 3 is 2.33 bits per heavy atom. The quantitative estimate of drug-likeness (QED) is 0.797. The molecule has 0 radical (unpaired) electrons. The number of hydrogen-bond acceptors (Lipinski definition) is 1. The molecule has 1 heteroatoms. The van der Waals surface area contributed by atoms with E-state index in [4.69, 9.17) is 0 Å². The van der Waals surface area contributed by atoms with E-state index in [2.05, 4.69) is 65.1 Å². The third kappa shape index (κ3) is 4.13. The molecule has 0 saturated heterocycles. The molecule has 0 bridgehead atoms. The summed E-state index contributed by atoms with van der Waals surface area (Å²) >= 11 is 0. The maximum absolute atomic E-state index is 3.66. The van der Waals surface area contributed by atoms with Crippen LogP contribution in [0.5, 0.6) is 0 Å². The van der Waals surface area contributed by atoms with Gasteiger partial charge in [0.1, 0.15) is 0 Å². The highest BCUT2D eigenvalue weighted by atomic mass is 14.9. The second kappa shape index (κ2) is 6.94. The van der Waals surface area contributed by atoms with Crippen molar-refractivity contribution >= 4 is 0 Å². The molecular formula is C17H29N. The maximum atomic E-state index is 3.66. The van der Waals surface area contributed by atoms with E-state index in [1.54, 1.807) is 0 Å². The Bertz CT molecular complexity index is 368. The van der Waals surface area contributed by atoms with Crippen LogP contribution in [0.3, 0.4) is 0 Å². The molecule has 1 aromatic carbocycles. The third-order valence-electron chi connectivity index (χ3n) is 4.10. The molecule has 0 aliphatic rings. The minimum absolute atomic E-state index is 0.579. The van der Waals surface area contributed by atoms with Crippen LogP contribution in [0.25, 0.3) is 0 Å². The Labute approximate surface area is 113 Å². The van der Waals surface area contributed by atoms with Crippen LogP contribution in [-0.4, -0.2) is 12.6 Å². The lowest BCUT2D eigenvalue weighted by molar-refractivity contribution is 0.300. The number of rotatable bonds is 6. The molecule has 2 unspecified atom stereocenters. The summed E-state index contributed by atoms with van der Waals surface area (Å²) in [5.74, 6) is 1.42. The first kappa shape index (κ1) is 15.2. The van der Waals surface area contributed by atoms with Crippen LogP contribution in [0.1, 0.15) is 44.4 Å². The van der Waals surface area contributed by atoms with Gasteiger partial charge in [0.25, 0.3) is 0 Å². The molecule has 2 atom stereocenters. The molecule has 0 fully saturated rings. The topological polar surface area (TPSA) is 12.0 Å². The van der Waals surface area contributed by atoms with Crippen molar-refractivity contribution in [2.75, 3.05) is 6.54 Å². The van der Waals surface area contributed by atoms with Gasteiger partial charge in [-0.15, -0.1) is 0 Å². The molecule has 0 amide bonds. The first-order chi connectivity index (χ1) is 8.45. The van der Waals surface area contributed by atoms with Crippen molar-refractivity contribution in [3.8, 4) is 0 Å². The fourth-order valence-corrected chi connectivity index (χ4v) is 2.43. The summed E-state index contributed by atoms with van der Waals surface area (Å²) < 4.78 is 0. The van der Waals surface area contributed by atoms with Crippen LogP contribution in [0.15, 0.2) is 18.2 Å². The number of likely N-dealkylation sites (N-methyl/N-ethyl adjacent to an activating group) is 1. The van der Waals surface area contributed by atoms with Crippen LogP contribution >= 0.6 is 0 Å². The summed E-state index contributed by atoms with van der Waals surface area (Å²) in [6.07, 6.45) is 1.14. The normalized spacial score (nSPS) is 14.8. The van der Waals surface area contributed by atoms with Crippen LogP contribution < -0.4 is 5.32 Å². The van der Waals surface area contributed by atoms with E-state index >= 15 is 0 Å². The Balaban J connectivity index is 2.85. The summed E-state index contributed by atoms with van der Waals surface area (Å²) in [5, 5.41) is 3.66. The van der Waals surface area contributed by atoms with Crippen molar-refractivity contribution in [1.82, 2.24) is 5.32 Å². The molecule has 1 aromatic rings. The molecular weight excluding hydrogens is 218 g/mol. The van der Waals surface area contributed by atoms with E-state index in [1.807, 2.05) is 0 Å². The van der Waals surface area contributed by atoms with E-state index in [0.717, 1.165) is 18.9 Å². The van der Waals surface area contributed by atoms with Gasteiger partial charge in [-0.1, -0.05) is 51.5 Å². The molecule has 18 heavy (non-hydrogen) atoms. The minimum atomic E-state index is 0.579. The smallest absolute Gasteiger partial charge is 0.0135 e.